The van der Waals surface area contributed by atoms with E-state index in [-0.39, 0.29) is 5.41 Å². The molecule has 0 saturated heterocycles. The van der Waals surface area contributed by atoms with Crippen molar-refractivity contribution in [2.24, 2.45) is 0 Å². The zero-order valence-electron chi connectivity index (χ0n) is 30.6. The van der Waals surface area contributed by atoms with Crippen molar-refractivity contribution in [1.82, 2.24) is 32.5 Å². The average molecular weight is 710 g/mol. The molecular formula is C48H35N7. The van der Waals surface area contributed by atoms with Crippen LogP contribution in [0.2, 0.25) is 0 Å². The van der Waals surface area contributed by atoms with Gasteiger partial charge in [-0.2, -0.15) is 0 Å². The van der Waals surface area contributed by atoms with E-state index < -0.39 is 0 Å². The van der Waals surface area contributed by atoms with Crippen LogP contribution in [0.1, 0.15) is 26.3 Å². The van der Waals surface area contributed by atoms with Gasteiger partial charge in [0.05, 0.1) is 66.5 Å². The maximum absolute atomic E-state index is 5.31. The summed E-state index contributed by atoms with van der Waals surface area (Å²) in [4.78, 5) is 10.5. The van der Waals surface area contributed by atoms with E-state index >= 15 is 0 Å². The summed E-state index contributed by atoms with van der Waals surface area (Å²) in [5.74, 6) is 1.80. The SMILES string of the molecule is CC(C)(C)c1ccc2c(c1)nc1n(-c3cccc(-n4c5ccccc5c5ccc(-n6c7ccccc7n7c8ccccc8nc67)cc54)c3)c3ccccc3n21. The van der Waals surface area contributed by atoms with Crippen molar-refractivity contribution in [1.29, 1.82) is 0 Å². The van der Waals surface area contributed by atoms with Gasteiger partial charge in [-0.05, 0) is 95.9 Å². The lowest BCUT2D eigenvalue weighted by molar-refractivity contribution is 0.591. The molecule has 262 valence electrons. The van der Waals surface area contributed by atoms with E-state index in [4.69, 9.17) is 9.97 Å². The van der Waals surface area contributed by atoms with E-state index in [0.717, 1.165) is 83.8 Å². The van der Waals surface area contributed by atoms with Crippen LogP contribution in [0.15, 0.2) is 158 Å². The fourth-order valence-electron chi connectivity index (χ4n) is 8.88. The Bertz CT molecular complexity index is 3540. The zero-order valence-corrected chi connectivity index (χ0v) is 30.6. The molecule has 0 radical (unpaired) electrons. The predicted molar refractivity (Wildman–Crippen MR) is 226 cm³/mol. The first-order valence-corrected chi connectivity index (χ1v) is 18.9. The van der Waals surface area contributed by atoms with Gasteiger partial charge in [0.15, 0.2) is 0 Å². The molecule has 5 aromatic heterocycles. The molecule has 0 aliphatic heterocycles. The second kappa shape index (κ2) is 10.7. The Kier molecular flexibility index (Phi) is 5.92. The Morgan fingerprint density at radius 1 is 0.364 bits per heavy atom. The Hall–Kier alpha value is -7.12. The molecule has 7 nitrogen and oxygen atoms in total. The van der Waals surface area contributed by atoms with E-state index in [1.165, 1.54) is 16.3 Å². The van der Waals surface area contributed by atoms with Crippen molar-refractivity contribution in [2.75, 3.05) is 0 Å². The smallest absolute Gasteiger partial charge is 0.220 e. The third kappa shape index (κ3) is 4.15. The molecule has 12 rings (SSSR count). The van der Waals surface area contributed by atoms with Crippen LogP contribution < -0.4 is 0 Å². The maximum atomic E-state index is 5.31. The van der Waals surface area contributed by atoms with Crippen LogP contribution in [0.25, 0.3) is 94.6 Å². The number of benzene rings is 7. The molecule has 0 amide bonds. The van der Waals surface area contributed by atoms with Gasteiger partial charge < -0.3 is 4.57 Å². The van der Waals surface area contributed by atoms with E-state index in [0.29, 0.717) is 0 Å². The molecular weight excluding hydrogens is 675 g/mol. The largest absolute Gasteiger partial charge is 0.309 e. The maximum Gasteiger partial charge on any atom is 0.220 e. The van der Waals surface area contributed by atoms with Gasteiger partial charge in [0.1, 0.15) is 0 Å². The first-order chi connectivity index (χ1) is 26.9. The minimum absolute atomic E-state index is 0.0312. The molecule has 0 saturated carbocycles. The van der Waals surface area contributed by atoms with Gasteiger partial charge in [0, 0.05) is 16.5 Å². The van der Waals surface area contributed by atoms with Gasteiger partial charge in [-0.15, -0.1) is 0 Å². The van der Waals surface area contributed by atoms with Crippen LogP contribution in [0, 0.1) is 0 Å². The lowest BCUT2D eigenvalue weighted by atomic mass is 9.87. The van der Waals surface area contributed by atoms with Crippen molar-refractivity contribution in [3.63, 3.8) is 0 Å². The standard InChI is InChI=1S/C48H35N7/c1-48(2,3)30-23-26-40-37(27-30)50-47-52(41-19-8-11-22-44(41)55(40)47)32-14-12-13-31(28-32)51-38-17-6-4-15-34(38)35-25-24-33(29-45(35)51)53-42-20-9-10-21-43(42)54-39-18-7-5-16-36(39)49-46(53)54/h4-29H,1-3H3. The lowest BCUT2D eigenvalue weighted by Crippen LogP contribution is -2.10. The third-order valence-electron chi connectivity index (χ3n) is 11.4. The summed E-state index contributed by atoms with van der Waals surface area (Å²) in [6.07, 6.45) is 0. The highest BCUT2D eigenvalue weighted by Gasteiger charge is 2.22. The normalized spacial score (nSPS) is 12.6. The van der Waals surface area contributed by atoms with Crippen molar-refractivity contribution < 1.29 is 0 Å². The fraction of sp³-hybridized carbons (Fsp3) is 0.0833. The van der Waals surface area contributed by atoms with E-state index in [2.05, 4.69) is 201 Å². The van der Waals surface area contributed by atoms with E-state index in [1.54, 1.807) is 0 Å². The van der Waals surface area contributed by atoms with Crippen LogP contribution in [0.5, 0.6) is 0 Å². The van der Waals surface area contributed by atoms with Crippen LogP contribution in [0.3, 0.4) is 0 Å². The molecule has 7 aromatic carbocycles. The number of para-hydroxylation sites is 7. The van der Waals surface area contributed by atoms with Crippen molar-refractivity contribution in [3.05, 3.63) is 163 Å². The monoisotopic (exact) mass is 709 g/mol. The average Bonchev–Trinajstić information content (AvgIpc) is 3.99. The highest BCUT2D eigenvalue weighted by Crippen LogP contribution is 2.37. The number of hydrogen-bond donors (Lipinski definition) is 0. The molecule has 5 heterocycles. The first kappa shape index (κ1) is 30.4. The molecule has 0 spiro atoms. The van der Waals surface area contributed by atoms with Gasteiger partial charge in [0.25, 0.3) is 0 Å². The molecule has 0 N–H and O–H groups in total. The predicted octanol–water partition coefficient (Wildman–Crippen LogP) is 11.6. The fourth-order valence-corrected chi connectivity index (χ4v) is 8.88. The molecule has 0 fully saturated rings. The van der Waals surface area contributed by atoms with Crippen molar-refractivity contribution >= 4 is 77.5 Å². The molecule has 0 unspecified atom stereocenters. The Morgan fingerprint density at radius 2 is 0.891 bits per heavy atom. The second-order valence-corrected chi connectivity index (χ2v) is 15.7. The summed E-state index contributed by atoms with van der Waals surface area (Å²) in [7, 11) is 0. The van der Waals surface area contributed by atoms with E-state index in [9.17, 15) is 0 Å². The summed E-state index contributed by atoms with van der Waals surface area (Å²) in [6, 6.07) is 56.7. The summed E-state index contributed by atoms with van der Waals surface area (Å²) in [5, 5.41) is 2.42. The number of nitrogens with zero attached hydrogens (tertiary/aromatic N) is 7. The second-order valence-electron chi connectivity index (χ2n) is 15.7. The number of rotatable bonds is 3. The van der Waals surface area contributed by atoms with Crippen molar-refractivity contribution in [3.8, 4) is 17.1 Å². The molecule has 12 aromatic rings. The van der Waals surface area contributed by atoms with Gasteiger partial charge in [-0.25, -0.2) is 9.97 Å². The molecule has 0 atom stereocenters. The quantitative estimate of drug-likeness (QED) is 0.183. The van der Waals surface area contributed by atoms with Gasteiger partial charge in [-0.1, -0.05) is 93.6 Å². The third-order valence-corrected chi connectivity index (χ3v) is 11.4. The van der Waals surface area contributed by atoms with Gasteiger partial charge in [-0.3, -0.25) is 17.9 Å². The minimum Gasteiger partial charge on any atom is -0.309 e. The number of imidazole rings is 4. The Morgan fingerprint density at radius 3 is 1.58 bits per heavy atom. The van der Waals surface area contributed by atoms with Gasteiger partial charge in [0.2, 0.25) is 11.6 Å². The van der Waals surface area contributed by atoms with Crippen LogP contribution in [0.4, 0.5) is 0 Å². The summed E-state index contributed by atoms with van der Waals surface area (Å²) in [6.45, 7) is 6.76. The molecule has 0 aliphatic rings. The van der Waals surface area contributed by atoms with Crippen LogP contribution >= 0.6 is 0 Å². The van der Waals surface area contributed by atoms with Gasteiger partial charge >= 0.3 is 0 Å². The number of fused-ring (bicyclic) bond motifs is 13. The van der Waals surface area contributed by atoms with E-state index in [1.807, 2.05) is 0 Å². The molecule has 0 bridgehead atoms. The van der Waals surface area contributed by atoms with Crippen LogP contribution in [-0.4, -0.2) is 32.5 Å². The molecule has 0 aliphatic carbocycles. The Balaban J connectivity index is 1.11. The number of aromatic nitrogens is 7. The zero-order chi connectivity index (χ0) is 36.6. The van der Waals surface area contributed by atoms with Crippen LogP contribution in [-0.2, 0) is 5.41 Å². The summed E-state index contributed by atoms with van der Waals surface area (Å²) < 4.78 is 11.6. The lowest BCUT2D eigenvalue weighted by Gasteiger charge is -2.18. The summed E-state index contributed by atoms with van der Waals surface area (Å²) in [5.41, 5.74) is 15.5. The highest BCUT2D eigenvalue weighted by molar-refractivity contribution is 6.10. The molecule has 55 heavy (non-hydrogen) atoms. The Labute approximate surface area is 315 Å². The van der Waals surface area contributed by atoms with Crippen molar-refractivity contribution in [2.45, 2.75) is 26.2 Å². The molecule has 7 heteroatoms. The highest BCUT2D eigenvalue weighted by atomic mass is 15.2. The number of hydrogen-bond acceptors (Lipinski definition) is 2. The first-order valence-electron chi connectivity index (χ1n) is 18.9. The summed E-state index contributed by atoms with van der Waals surface area (Å²) >= 11 is 0. The minimum atomic E-state index is 0.0312. The topological polar surface area (TPSA) is 49.4 Å².